The van der Waals surface area contributed by atoms with Gasteiger partial charge in [-0.1, -0.05) is 100 Å². The van der Waals surface area contributed by atoms with Crippen molar-refractivity contribution in [3.05, 3.63) is 0 Å². The van der Waals surface area contributed by atoms with E-state index in [4.69, 9.17) is 33.2 Å². The van der Waals surface area contributed by atoms with Crippen LogP contribution in [0.2, 0.25) is 0 Å². The van der Waals surface area contributed by atoms with Crippen molar-refractivity contribution in [3.63, 3.8) is 0 Å². The summed E-state index contributed by atoms with van der Waals surface area (Å²) in [4.78, 5) is 25.1. The SMILES string of the molecule is CCCCOC[C@H]1O[C@@](OCCCC)(C(F)(F)CNCCCC[C@H](C)C(=O)C[C@@H](C)C(=O)OCCCC)[C@H](OCCCC)[C@@H](OCCCC)[C@H]1OCCCC. The lowest BCUT2D eigenvalue weighted by Gasteiger charge is -2.54. The lowest BCUT2D eigenvalue weighted by molar-refractivity contribution is -0.432. The Bertz CT molecular complexity index is 976. The van der Waals surface area contributed by atoms with Gasteiger partial charge in [0.1, 0.15) is 30.2 Å². The molecule has 0 aromatic rings. The van der Waals surface area contributed by atoms with Gasteiger partial charge < -0.3 is 38.5 Å². The predicted octanol–water partition coefficient (Wildman–Crippen LogP) is 9.24. The zero-order chi connectivity index (χ0) is 41.0. The van der Waals surface area contributed by atoms with Gasteiger partial charge in [-0.2, -0.15) is 8.78 Å². The van der Waals surface area contributed by atoms with Crippen LogP contribution in [-0.2, 0) is 42.7 Å². The number of ketones is 1. The van der Waals surface area contributed by atoms with Gasteiger partial charge in [0.2, 0.25) is 0 Å². The smallest absolute Gasteiger partial charge is 0.315 e. The maximum atomic E-state index is 17.2. The van der Waals surface area contributed by atoms with Crippen LogP contribution in [-0.4, -0.2) is 107 Å². The number of halogens is 2. The fourth-order valence-corrected chi connectivity index (χ4v) is 6.36. The summed E-state index contributed by atoms with van der Waals surface area (Å²) in [7, 11) is 0. The van der Waals surface area contributed by atoms with Gasteiger partial charge >= 0.3 is 11.9 Å². The van der Waals surface area contributed by atoms with Crippen molar-refractivity contribution in [2.75, 3.05) is 59.3 Å². The standard InChI is InChI=1S/C43H81F2NO9/c1-9-15-25-49-32-37-38(50-26-16-10-2)39(51-27-17-11-3)40(52-28-18-12-4)43(55-37,54-30-20-14-6)42(44,45)33-46-24-22-21-23-34(7)36(47)31-35(8)41(48)53-29-19-13-5/h34-35,37-40,46H,9-33H2,1-8H3/t34-,35+,37+,38-,39-,40+,43+/m0/s1. The molecule has 10 nitrogen and oxygen atoms in total. The molecule has 1 aliphatic rings. The van der Waals surface area contributed by atoms with Gasteiger partial charge in [-0.05, 0) is 57.9 Å². The number of unbranched alkanes of at least 4 members (excludes halogenated alkanes) is 7. The second-order valence-corrected chi connectivity index (χ2v) is 15.3. The molecule has 1 heterocycles. The number of hydrogen-bond donors (Lipinski definition) is 1. The molecule has 55 heavy (non-hydrogen) atoms. The van der Waals surface area contributed by atoms with E-state index in [2.05, 4.69) is 26.1 Å². The molecule has 0 saturated carbocycles. The summed E-state index contributed by atoms with van der Waals surface area (Å²) in [5.74, 6) is -7.06. The third-order valence-corrected chi connectivity index (χ3v) is 10.1. The van der Waals surface area contributed by atoms with Crippen LogP contribution in [0.4, 0.5) is 8.78 Å². The molecule has 1 aliphatic heterocycles. The van der Waals surface area contributed by atoms with E-state index < -0.39 is 48.6 Å². The van der Waals surface area contributed by atoms with E-state index in [1.807, 2.05) is 27.7 Å². The van der Waals surface area contributed by atoms with Crippen molar-refractivity contribution < 1.29 is 51.5 Å². The van der Waals surface area contributed by atoms with Crippen LogP contribution in [0.25, 0.3) is 0 Å². The van der Waals surface area contributed by atoms with Crippen molar-refractivity contribution in [2.24, 2.45) is 11.8 Å². The van der Waals surface area contributed by atoms with E-state index in [1.54, 1.807) is 6.92 Å². The van der Waals surface area contributed by atoms with Gasteiger partial charge in [0, 0.05) is 38.8 Å². The number of ether oxygens (including phenoxy) is 7. The summed E-state index contributed by atoms with van der Waals surface area (Å²) in [6, 6.07) is 0. The van der Waals surface area contributed by atoms with Crippen LogP contribution in [0, 0.1) is 11.8 Å². The zero-order valence-corrected chi connectivity index (χ0v) is 36.1. The number of carbonyl (C=O) groups is 2. The van der Waals surface area contributed by atoms with Crippen LogP contribution in [0.1, 0.15) is 158 Å². The minimum Gasteiger partial charge on any atom is -0.465 e. The molecule has 0 unspecified atom stereocenters. The summed E-state index contributed by atoms with van der Waals surface area (Å²) in [5, 5.41) is 2.98. The quantitative estimate of drug-likeness (QED) is 0.0487. The number of alkyl halides is 2. The Labute approximate surface area is 333 Å². The summed E-state index contributed by atoms with van der Waals surface area (Å²) < 4.78 is 77.9. The van der Waals surface area contributed by atoms with E-state index in [-0.39, 0.29) is 43.9 Å². The molecule has 0 aromatic carbocycles. The maximum Gasteiger partial charge on any atom is 0.315 e. The highest BCUT2D eigenvalue weighted by Gasteiger charge is 2.69. The number of Topliss-reactive ketones (excluding diaryl/α,β-unsaturated/α-hetero) is 1. The minimum atomic E-state index is -3.54. The van der Waals surface area contributed by atoms with Crippen molar-refractivity contribution in [2.45, 2.75) is 194 Å². The highest BCUT2D eigenvalue weighted by molar-refractivity contribution is 5.85. The van der Waals surface area contributed by atoms with Gasteiger partial charge in [-0.3, -0.25) is 9.59 Å². The second-order valence-electron chi connectivity index (χ2n) is 15.3. The molecule has 0 aromatic heterocycles. The Balaban J connectivity index is 3.25. The first kappa shape index (κ1) is 51.7. The molecule has 1 rings (SSSR count). The molecular formula is C43H81F2NO9. The van der Waals surface area contributed by atoms with Crippen molar-refractivity contribution in [3.8, 4) is 0 Å². The van der Waals surface area contributed by atoms with Crippen molar-refractivity contribution in [1.82, 2.24) is 5.32 Å². The van der Waals surface area contributed by atoms with Gasteiger partial charge in [0.05, 0.1) is 32.3 Å². The Morgan fingerprint density at radius 3 is 1.85 bits per heavy atom. The Morgan fingerprint density at radius 1 is 0.691 bits per heavy atom. The van der Waals surface area contributed by atoms with Gasteiger partial charge in [0.25, 0.3) is 5.79 Å². The largest absolute Gasteiger partial charge is 0.465 e. The number of hydrogen-bond acceptors (Lipinski definition) is 10. The number of rotatable bonds is 36. The number of nitrogens with one attached hydrogen (secondary N) is 1. The lowest BCUT2D eigenvalue weighted by atomic mass is 9.87. The van der Waals surface area contributed by atoms with Gasteiger partial charge in [-0.15, -0.1) is 0 Å². The first-order valence-corrected chi connectivity index (χ1v) is 22.0. The van der Waals surface area contributed by atoms with Crippen molar-refractivity contribution in [1.29, 1.82) is 0 Å². The monoisotopic (exact) mass is 794 g/mol. The normalized spacial score (nSPS) is 22.8. The van der Waals surface area contributed by atoms with E-state index in [0.29, 0.717) is 65.1 Å². The summed E-state index contributed by atoms with van der Waals surface area (Å²) >= 11 is 0. The number of carbonyl (C=O) groups excluding carboxylic acids is 2. The summed E-state index contributed by atoms with van der Waals surface area (Å²) in [5.41, 5.74) is 0. The molecule has 0 bridgehead atoms. The maximum absolute atomic E-state index is 17.2. The van der Waals surface area contributed by atoms with Crippen LogP contribution >= 0.6 is 0 Å². The highest BCUT2D eigenvalue weighted by Crippen LogP contribution is 2.46. The molecule has 7 atom stereocenters. The van der Waals surface area contributed by atoms with E-state index in [1.165, 1.54) is 0 Å². The minimum absolute atomic E-state index is 0.00933. The molecule has 1 fully saturated rings. The topological polar surface area (TPSA) is 111 Å². The fraction of sp³-hybridized carbons (Fsp3) is 0.953. The van der Waals surface area contributed by atoms with Gasteiger partial charge in [-0.25, -0.2) is 0 Å². The van der Waals surface area contributed by atoms with Crippen LogP contribution in [0.3, 0.4) is 0 Å². The molecule has 12 heteroatoms. The average Bonchev–Trinajstić information content (AvgIpc) is 3.16. The Morgan fingerprint density at radius 2 is 1.24 bits per heavy atom. The number of esters is 1. The average molecular weight is 794 g/mol. The summed E-state index contributed by atoms with van der Waals surface area (Å²) in [6.07, 6.45) is 8.00. The summed E-state index contributed by atoms with van der Waals surface area (Å²) in [6.45, 7) is 17.5. The first-order chi connectivity index (χ1) is 26.5. The Kier molecular flexibility index (Phi) is 28.9. The predicted molar refractivity (Wildman–Crippen MR) is 214 cm³/mol. The molecule has 1 N–H and O–H groups in total. The van der Waals surface area contributed by atoms with E-state index in [9.17, 15) is 9.59 Å². The molecule has 0 spiro atoms. The third-order valence-electron chi connectivity index (χ3n) is 10.1. The molecule has 0 amide bonds. The molecular weight excluding hydrogens is 712 g/mol. The molecule has 1 saturated heterocycles. The van der Waals surface area contributed by atoms with Crippen LogP contribution < -0.4 is 5.32 Å². The Hall–Kier alpha value is -1.28. The van der Waals surface area contributed by atoms with E-state index >= 15 is 8.78 Å². The second kappa shape index (κ2) is 30.8. The van der Waals surface area contributed by atoms with Crippen LogP contribution in [0.5, 0.6) is 0 Å². The first-order valence-electron chi connectivity index (χ1n) is 22.0. The third kappa shape index (κ3) is 18.9. The fourth-order valence-electron chi connectivity index (χ4n) is 6.36. The molecule has 326 valence electrons. The molecule has 0 radical (unpaired) electrons. The molecule has 0 aliphatic carbocycles. The lowest BCUT2D eigenvalue weighted by Crippen LogP contribution is -2.75. The highest BCUT2D eigenvalue weighted by atomic mass is 19.3. The van der Waals surface area contributed by atoms with Crippen molar-refractivity contribution >= 4 is 11.8 Å². The van der Waals surface area contributed by atoms with E-state index in [0.717, 1.165) is 64.2 Å². The van der Waals surface area contributed by atoms with Crippen LogP contribution in [0.15, 0.2) is 0 Å². The van der Waals surface area contributed by atoms with Gasteiger partial charge in [0.15, 0.2) is 0 Å². The zero-order valence-electron chi connectivity index (χ0n) is 36.1.